The fraction of sp³-hybridized carbons (Fsp3) is 0.118. The summed E-state index contributed by atoms with van der Waals surface area (Å²) in [7, 11) is 0. The van der Waals surface area contributed by atoms with E-state index in [4.69, 9.17) is 5.11 Å². The Kier molecular flexibility index (Phi) is 4.92. The number of hydrogen-bond donors (Lipinski definition) is 1. The standard InChI is InChI=1S/C17H13BrN2O3S/c18-11-9-12(24-10-11)5-6-15-19-14-4-2-1-3-13(14)17(23)20(15)8-7-16(21)22/h1-6,9-10H,7-8H2,(H,21,22)/b6-5+. The maximum absolute atomic E-state index is 12.7. The van der Waals surface area contributed by atoms with Crippen LogP contribution in [-0.4, -0.2) is 20.6 Å². The maximum Gasteiger partial charge on any atom is 0.305 e. The number of aliphatic carboxylic acids is 1. The van der Waals surface area contributed by atoms with Crippen LogP contribution in [0.3, 0.4) is 0 Å². The molecule has 0 amide bonds. The van der Waals surface area contributed by atoms with Crippen molar-refractivity contribution in [1.29, 1.82) is 0 Å². The lowest BCUT2D eigenvalue weighted by Crippen LogP contribution is -2.25. The second-order valence-corrected chi connectivity index (χ2v) is 6.95. The number of benzene rings is 1. The minimum Gasteiger partial charge on any atom is -0.481 e. The number of fused-ring (bicyclic) bond motifs is 1. The monoisotopic (exact) mass is 404 g/mol. The van der Waals surface area contributed by atoms with E-state index in [9.17, 15) is 9.59 Å². The Morgan fingerprint density at radius 3 is 2.83 bits per heavy atom. The number of thiophene rings is 1. The van der Waals surface area contributed by atoms with Crippen molar-refractivity contribution >= 4 is 56.3 Å². The van der Waals surface area contributed by atoms with E-state index < -0.39 is 5.97 Å². The molecule has 1 aromatic carbocycles. The molecule has 3 aromatic rings. The zero-order valence-electron chi connectivity index (χ0n) is 12.5. The molecule has 0 aliphatic rings. The molecule has 0 aliphatic heterocycles. The molecule has 0 saturated heterocycles. The van der Waals surface area contributed by atoms with Gasteiger partial charge in [0.2, 0.25) is 0 Å². The smallest absolute Gasteiger partial charge is 0.305 e. The van der Waals surface area contributed by atoms with Crippen molar-refractivity contribution in [2.24, 2.45) is 0 Å². The molecule has 0 radical (unpaired) electrons. The summed E-state index contributed by atoms with van der Waals surface area (Å²) in [4.78, 5) is 29.1. The summed E-state index contributed by atoms with van der Waals surface area (Å²) in [5, 5.41) is 11.4. The largest absolute Gasteiger partial charge is 0.481 e. The molecule has 122 valence electrons. The first-order valence-electron chi connectivity index (χ1n) is 7.18. The SMILES string of the molecule is O=C(O)CCn1c(/C=C/c2cc(Br)cs2)nc2ccccc2c1=O. The van der Waals surface area contributed by atoms with E-state index in [1.54, 1.807) is 35.6 Å². The Bertz CT molecular complexity index is 991. The molecule has 2 aromatic heterocycles. The van der Waals surface area contributed by atoms with Gasteiger partial charge in [-0.1, -0.05) is 12.1 Å². The van der Waals surface area contributed by atoms with E-state index in [0.717, 1.165) is 9.35 Å². The van der Waals surface area contributed by atoms with Gasteiger partial charge in [-0.2, -0.15) is 0 Å². The fourth-order valence-corrected chi connectivity index (χ4v) is 3.65. The summed E-state index contributed by atoms with van der Waals surface area (Å²) >= 11 is 4.96. The summed E-state index contributed by atoms with van der Waals surface area (Å²) in [5.74, 6) is -0.503. The normalized spacial score (nSPS) is 11.4. The Hall–Kier alpha value is -2.25. The van der Waals surface area contributed by atoms with Gasteiger partial charge in [-0.3, -0.25) is 14.2 Å². The molecule has 0 spiro atoms. The number of hydrogen-bond acceptors (Lipinski definition) is 4. The van der Waals surface area contributed by atoms with Gasteiger partial charge in [0.15, 0.2) is 0 Å². The lowest BCUT2D eigenvalue weighted by molar-refractivity contribution is -0.137. The molecule has 0 atom stereocenters. The quantitative estimate of drug-likeness (QED) is 0.700. The van der Waals surface area contributed by atoms with Crippen molar-refractivity contribution in [2.75, 3.05) is 0 Å². The zero-order valence-corrected chi connectivity index (χ0v) is 14.9. The summed E-state index contributed by atoms with van der Waals surface area (Å²) < 4.78 is 2.40. The van der Waals surface area contributed by atoms with Crippen LogP contribution in [-0.2, 0) is 11.3 Å². The van der Waals surface area contributed by atoms with E-state index in [2.05, 4.69) is 20.9 Å². The lowest BCUT2D eigenvalue weighted by Gasteiger charge is -2.10. The van der Waals surface area contributed by atoms with Gasteiger partial charge in [0, 0.05) is 21.3 Å². The highest BCUT2D eigenvalue weighted by molar-refractivity contribution is 9.10. The van der Waals surface area contributed by atoms with Gasteiger partial charge < -0.3 is 5.11 Å². The van der Waals surface area contributed by atoms with E-state index in [1.807, 2.05) is 23.6 Å². The average molecular weight is 405 g/mol. The van der Waals surface area contributed by atoms with Crippen LogP contribution in [0.2, 0.25) is 0 Å². The van der Waals surface area contributed by atoms with Crippen molar-refractivity contribution in [1.82, 2.24) is 9.55 Å². The number of carboxylic acid groups (broad SMARTS) is 1. The Morgan fingerprint density at radius 1 is 1.33 bits per heavy atom. The number of nitrogens with zero attached hydrogens (tertiary/aromatic N) is 2. The number of rotatable bonds is 5. The summed E-state index contributed by atoms with van der Waals surface area (Å²) in [6, 6.07) is 9.02. The molecule has 0 saturated carbocycles. The first-order valence-corrected chi connectivity index (χ1v) is 8.85. The molecule has 0 fully saturated rings. The van der Waals surface area contributed by atoms with Gasteiger partial charge in [-0.05, 0) is 46.3 Å². The van der Waals surface area contributed by atoms with E-state index in [1.165, 1.54) is 4.57 Å². The second kappa shape index (κ2) is 7.11. The van der Waals surface area contributed by atoms with Crippen LogP contribution in [0.1, 0.15) is 17.1 Å². The summed E-state index contributed by atoms with van der Waals surface area (Å²) in [5.41, 5.74) is 0.370. The molecule has 7 heteroatoms. The topological polar surface area (TPSA) is 72.2 Å². The van der Waals surface area contributed by atoms with Crippen LogP contribution >= 0.6 is 27.3 Å². The molecule has 0 bridgehead atoms. The van der Waals surface area contributed by atoms with Crippen LogP contribution in [0.5, 0.6) is 0 Å². The number of para-hydroxylation sites is 1. The van der Waals surface area contributed by atoms with Crippen molar-refractivity contribution in [3.05, 3.63) is 61.2 Å². The molecular formula is C17H13BrN2O3S. The minimum absolute atomic E-state index is 0.0831. The molecule has 5 nitrogen and oxygen atoms in total. The van der Waals surface area contributed by atoms with Gasteiger partial charge >= 0.3 is 5.97 Å². The third-order valence-electron chi connectivity index (χ3n) is 3.42. The third-order valence-corrected chi connectivity index (χ3v) is 5.08. The highest BCUT2D eigenvalue weighted by atomic mass is 79.9. The zero-order chi connectivity index (χ0) is 17.1. The van der Waals surface area contributed by atoms with Gasteiger partial charge in [0.25, 0.3) is 5.56 Å². The second-order valence-electron chi connectivity index (χ2n) is 5.09. The van der Waals surface area contributed by atoms with Crippen LogP contribution in [0, 0.1) is 0 Å². The van der Waals surface area contributed by atoms with E-state index >= 15 is 0 Å². The first-order chi connectivity index (χ1) is 11.5. The predicted molar refractivity (Wildman–Crippen MR) is 99.2 cm³/mol. The van der Waals surface area contributed by atoms with Crippen molar-refractivity contribution in [3.8, 4) is 0 Å². The van der Waals surface area contributed by atoms with Crippen molar-refractivity contribution in [3.63, 3.8) is 0 Å². The van der Waals surface area contributed by atoms with Crippen molar-refractivity contribution < 1.29 is 9.90 Å². The maximum atomic E-state index is 12.7. The first kappa shape index (κ1) is 16.6. The fourth-order valence-electron chi connectivity index (χ4n) is 2.31. The summed E-state index contributed by atoms with van der Waals surface area (Å²) in [6.45, 7) is 0.0831. The number of carboxylic acids is 1. The van der Waals surface area contributed by atoms with Crippen LogP contribution in [0.25, 0.3) is 23.1 Å². The highest BCUT2D eigenvalue weighted by Crippen LogP contribution is 2.21. The Morgan fingerprint density at radius 2 is 2.12 bits per heavy atom. The number of aromatic nitrogens is 2. The predicted octanol–water partition coefficient (Wildman–Crippen LogP) is 3.87. The van der Waals surface area contributed by atoms with Crippen LogP contribution < -0.4 is 5.56 Å². The third kappa shape index (κ3) is 3.63. The Labute approximate surface area is 150 Å². The van der Waals surface area contributed by atoms with E-state index in [0.29, 0.717) is 16.7 Å². The van der Waals surface area contributed by atoms with Crippen molar-refractivity contribution in [2.45, 2.75) is 13.0 Å². The summed E-state index contributed by atoms with van der Waals surface area (Å²) in [6.07, 6.45) is 3.47. The average Bonchev–Trinajstić information content (AvgIpc) is 2.97. The van der Waals surface area contributed by atoms with E-state index in [-0.39, 0.29) is 18.5 Å². The highest BCUT2D eigenvalue weighted by Gasteiger charge is 2.10. The van der Waals surface area contributed by atoms with Crippen LogP contribution in [0.15, 0.2) is 45.0 Å². The Balaban J connectivity index is 2.09. The lowest BCUT2D eigenvalue weighted by atomic mass is 10.2. The van der Waals surface area contributed by atoms with Gasteiger partial charge in [-0.25, -0.2) is 4.98 Å². The molecule has 3 rings (SSSR count). The van der Waals surface area contributed by atoms with Gasteiger partial charge in [0.05, 0.1) is 17.3 Å². The molecule has 24 heavy (non-hydrogen) atoms. The van der Waals surface area contributed by atoms with Crippen LogP contribution in [0.4, 0.5) is 0 Å². The molecule has 0 unspecified atom stereocenters. The molecule has 1 N–H and O–H groups in total. The molecule has 2 heterocycles. The number of carbonyl (C=O) groups is 1. The molecular weight excluding hydrogens is 392 g/mol. The van der Waals surface area contributed by atoms with Gasteiger partial charge in [-0.15, -0.1) is 11.3 Å². The number of halogens is 1. The minimum atomic E-state index is -0.952. The molecule has 0 aliphatic carbocycles. The van der Waals surface area contributed by atoms with Gasteiger partial charge in [0.1, 0.15) is 5.82 Å².